The summed E-state index contributed by atoms with van der Waals surface area (Å²) in [6, 6.07) is -4.78. The Morgan fingerprint density at radius 3 is 2.33 bits per heavy atom. The number of carbonyl (C=O) groups is 5. The highest BCUT2D eigenvalue weighted by Crippen LogP contribution is 2.18. The van der Waals surface area contributed by atoms with Crippen molar-refractivity contribution in [1.29, 1.82) is 0 Å². The molecule has 12 nitrogen and oxygen atoms in total. The molecule has 4 unspecified atom stereocenters. The first-order valence-corrected chi connectivity index (χ1v) is 10.8. The Morgan fingerprint density at radius 2 is 1.80 bits per heavy atom. The number of primary amides is 1. The van der Waals surface area contributed by atoms with Crippen molar-refractivity contribution in [3.63, 3.8) is 0 Å². The van der Waals surface area contributed by atoms with Gasteiger partial charge in [0.15, 0.2) is 0 Å². The number of nitrogens with two attached hydrogens (primary N) is 2. The van der Waals surface area contributed by atoms with E-state index in [2.05, 4.69) is 10.6 Å². The number of hydrogen-bond acceptors (Lipinski definition) is 8. The molecule has 0 spiro atoms. The number of likely N-dealkylation sites (tertiary alicyclic amines) is 1. The Balaban J connectivity index is 2.84. The number of carboxylic acid groups (broad SMARTS) is 1. The van der Waals surface area contributed by atoms with Gasteiger partial charge in [0, 0.05) is 6.54 Å². The number of amides is 4. The van der Waals surface area contributed by atoms with E-state index in [9.17, 15) is 34.2 Å². The smallest absolute Gasteiger partial charge is 0.326 e. The fourth-order valence-corrected chi connectivity index (χ4v) is 3.50. The van der Waals surface area contributed by atoms with Crippen LogP contribution in [0.25, 0.3) is 0 Å². The van der Waals surface area contributed by atoms with Crippen molar-refractivity contribution in [2.45, 2.75) is 49.9 Å². The summed E-state index contributed by atoms with van der Waals surface area (Å²) < 4.78 is 0. The third-order valence-electron chi connectivity index (χ3n) is 4.63. The fourth-order valence-electron chi connectivity index (χ4n) is 3.01. The number of aliphatic hydroxyl groups is 1. The van der Waals surface area contributed by atoms with E-state index < -0.39 is 66.8 Å². The standard InChI is InChI=1S/C17H29N5O7S/c1-30-6-4-9(18)14(25)20-10(7-13(19)24)15(26)21-11(8-23)16(27)22-5-2-3-12(22)17(28)29/h9-12,23H,2-8,18H2,1H3,(H2,19,24)(H,20,25)(H,21,26)(H,28,29). The number of nitrogens with zero attached hydrogens (tertiary/aromatic N) is 1. The second kappa shape index (κ2) is 12.3. The second-order valence-electron chi connectivity index (χ2n) is 6.89. The molecule has 0 aromatic heterocycles. The molecule has 30 heavy (non-hydrogen) atoms. The number of carbonyl (C=O) groups excluding carboxylic acids is 4. The minimum atomic E-state index is -1.44. The van der Waals surface area contributed by atoms with Crippen molar-refractivity contribution in [3.05, 3.63) is 0 Å². The molecular formula is C17H29N5O7S. The van der Waals surface area contributed by atoms with Gasteiger partial charge in [0.2, 0.25) is 23.6 Å². The quantitative estimate of drug-likeness (QED) is 0.180. The van der Waals surface area contributed by atoms with Crippen molar-refractivity contribution in [2.24, 2.45) is 11.5 Å². The number of thioether (sulfide) groups is 1. The minimum absolute atomic E-state index is 0.175. The number of hydrogen-bond donors (Lipinski definition) is 6. The lowest BCUT2D eigenvalue weighted by molar-refractivity contribution is -0.150. The Morgan fingerprint density at radius 1 is 1.17 bits per heavy atom. The van der Waals surface area contributed by atoms with Crippen molar-refractivity contribution in [1.82, 2.24) is 15.5 Å². The number of aliphatic hydroxyl groups excluding tert-OH is 1. The van der Waals surface area contributed by atoms with Gasteiger partial charge in [0.05, 0.1) is 19.1 Å². The van der Waals surface area contributed by atoms with E-state index in [0.717, 1.165) is 4.90 Å². The summed E-state index contributed by atoms with van der Waals surface area (Å²) in [5.41, 5.74) is 10.9. The molecule has 1 fully saturated rings. The molecule has 0 bridgehead atoms. The van der Waals surface area contributed by atoms with E-state index in [1.54, 1.807) is 0 Å². The molecule has 0 aromatic carbocycles. The zero-order valence-corrected chi connectivity index (χ0v) is 17.5. The van der Waals surface area contributed by atoms with E-state index in [-0.39, 0.29) is 13.0 Å². The van der Waals surface area contributed by atoms with Gasteiger partial charge in [-0.2, -0.15) is 11.8 Å². The van der Waals surface area contributed by atoms with Gasteiger partial charge in [-0.1, -0.05) is 0 Å². The van der Waals surface area contributed by atoms with Gasteiger partial charge >= 0.3 is 5.97 Å². The van der Waals surface area contributed by atoms with Gasteiger partial charge in [-0.05, 0) is 31.3 Å². The monoisotopic (exact) mass is 447 g/mol. The fraction of sp³-hybridized carbons (Fsp3) is 0.706. The Bertz CT molecular complexity index is 662. The molecule has 13 heteroatoms. The molecule has 1 aliphatic rings. The molecule has 0 aromatic rings. The highest BCUT2D eigenvalue weighted by atomic mass is 32.2. The van der Waals surface area contributed by atoms with Crippen LogP contribution in [0.1, 0.15) is 25.7 Å². The van der Waals surface area contributed by atoms with E-state index >= 15 is 0 Å². The van der Waals surface area contributed by atoms with Crippen molar-refractivity contribution in [2.75, 3.05) is 25.2 Å². The highest BCUT2D eigenvalue weighted by molar-refractivity contribution is 7.98. The summed E-state index contributed by atoms with van der Waals surface area (Å²) >= 11 is 1.49. The van der Waals surface area contributed by atoms with Gasteiger partial charge in [0.25, 0.3) is 0 Å². The molecular weight excluding hydrogens is 418 g/mol. The number of rotatable bonds is 12. The van der Waals surface area contributed by atoms with Gasteiger partial charge in [0.1, 0.15) is 18.1 Å². The SMILES string of the molecule is CSCCC(N)C(=O)NC(CC(N)=O)C(=O)NC(CO)C(=O)N1CCCC1C(=O)O. The molecule has 4 atom stereocenters. The minimum Gasteiger partial charge on any atom is -0.480 e. The Kier molecular flexibility index (Phi) is 10.6. The van der Waals surface area contributed by atoms with Crippen molar-refractivity contribution < 1.29 is 34.2 Å². The Labute approximate surface area is 178 Å². The zero-order chi connectivity index (χ0) is 22.8. The van der Waals surface area contributed by atoms with E-state index in [1.165, 1.54) is 11.8 Å². The van der Waals surface area contributed by atoms with E-state index in [1.807, 2.05) is 6.26 Å². The van der Waals surface area contributed by atoms with Crippen LogP contribution < -0.4 is 22.1 Å². The van der Waals surface area contributed by atoms with Crippen molar-refractivity contribution >= 4 is 41.4 Å². The summed E-state index contributed by atoms with van der Waals surface area (Å²) in [5.74, 6) is -3.78. The summed E-state index contributed by atoms with van der Waals surface area (Å²) in [6.07, 6.45) is 2.39. The van der Waals surface area contributed by atoms with Crippen LogP contribution in [0.3, 0.4) is 0 Å². The van der Waals surface area contributed by atoms with Crippen LogP contribution in [0.15, 0.2) is 0 Å². The average molecular weight is 448 g/mol. The van der Waals surface area contributed by atoms with Gasteiger partial charge in [-0.15, -0.1) is 0 Å². The predicted molar refractivity (Wildman–Crippen MR) is 108 cm³/mol. The van der Waals surface area contributed by atoms with E-state index in [4.69, 9.17) is 11.5 Å². The lowest BCUT2D eigenvalue weighted by Crippen LogP contribution is -2.58. The summed E-state index contributed by atoms with van der Waals surface area (Å²) in [6.45, 7) is -0.619. The maximum Gasteiger partial charge on any atom is 0.326 e. The lowest BCUT2D eigenvalue weighted by atomic mass is 10.1. The van der Waals surface area contributed by atoms with Gasteiger partial charge < -0.3 is 37.2 Å². The van der Waals surface area contributed by atoms with Crippen LogP contribution in [0, 0.1) is 0 Å². The lowest BCUT2D eigenvalue weighted by Gasteiger charge is -2.27. The molecule has 1 heterocycles. The third-order valence-corrected chi connectivity index (χ3v) is 5.27. The summed E-state index contributed by atoms with van der Waals surface area (Å²) in [7, 11) is 0. The molecule has 1 saturated heterocycles. The zero-order valence-electron chi connectivity index (χ0n) is 16.7. The van der Waals surface area contributed by atoms with Gasteiger partial charge in [-0.25, -0.2) is 4.79 Å². The maximum absolute atomic E-state index is 12.6. The molecule has 170 valence electrons. The first-order valence-electron chi connectivity index (χ1n) is 9.40. The normalized spacial score (nSPS) is 18.9. The van der Waals surface area contributed by atoms with Crippen molar-refractivity contribution in [3.8, 4) is 0 Å². The van der Waals surface area contributed by atoms with Crippen LogP contribution in [-0.4, -0.2) is 94.0 Å². The van der Waals surface area contributed by atoms with Gasteiger partial charge in [-0.3, -0.25) is 19.2 Å². The molecule has 8 N–H and O–H groups in total. The molecule has 0 radical (unpaired) electrons. The maximum atomic E-state index is 12.6. The van der Waals surface area contributed by atoms with E-state index in [0.29, 0.717) is 18.6 Å². The topological polar surface area (TPSA) is 205 Å². The van der Waals surface area contributed by atoms with Crippen LogP contribution in [-0.2, 0) is 24.0 Å². The van der Waals surface area contributed by atoms with Crippen LogP contribution in [0.4, 0.5) is 0 Å². The molecule has 1 aliphatic heterocycles. The molecule has 0 aliphatic carbocycles. The first kappa shape index (κ1) is 25.7. The molecule has 1 rings (SSSR count). The molecule has 0 saturated carbocycles. The summed E-state index contributed by atoms with van der Waals surface area (Å²) in [4.78, 5) is 61.1. The number of aliphatic carboxylic acids is 1. The number of carboxylic acids is 1. The van der Waals surface area contributed by atoms with Crippen LogP contribution in [0.5, 0.6) is 0 Å². The first-order chi connectivity index (χ1) is 14.1. The Hall–Kier alpha value is -2.38. The van der Waals surface area contributed by atoms with Crippen LogP contribution >= 0.6 is 11.8 Å². The largest absolute Gasteiger partial charge is 0.480 e. The third kappa shape index (κ3) is 7.46. The predicted octanol–water partition coefficient (Wildman–Crippen LogP) is -3.02. The van der Waals surface area contributed by atoms with Crippen LogP contribution in [0.2, 0.25) is 0 Å². The second-order valence-corrected chi connectivity index (χ2v) is 7.88. The highest BCUT2D eigenvalue weighted by Gasteiger charge is 2.38. The summed E-state index contributed by atoms with van der Waals surface area (Å²) in [5, 5.41) is 23.4. The average Bonchev–Trinajstić information content (AvgIpc) is 3.18. The number of nitrogens with one attached hydrogen (secondary N) is 2. The molecule has 4 amide bonds.